The highest BCUT2D eigenvalue weighted by Gasteiger charge is 2.16. The quantitative estimate of drug-likeness (QED) is 0.901. The van der Waals surface area contributed by atoms with Gasteiger partial charge < -0.3 is 5.73 Å². The minimum atomic E-state index is -3.13. The number of hydrogen-bond acceptors (Lipinski definition) is 6. The average molecular weight is 364 g/mol. The number of anilines is 1. The second-order valence-corrected chi connectivity index (χ2v) is 9.10. The first-order valence-electron chi connectivity index (χ1n) is 7.85. The third-order valence-electron chi connectivity index (χ3n) is 4.10. The number of sulfone groups is 1. The molecular weight excluding hydrogens is 342 g/mol. The number of nitrogen functional groups attached to an aromatic ring is 1. The molecule has 128 valence electrons. The summed E-state index contributed by atoms with van der Waals surface area (Å²) >= 11 is 1.60. The highest BCUT2D eigenvalue weighted by atomic mass is 32.2. The highest BCUT2D eigenvalue weighted by molar-refractivity contribution is 7.90. The predicted molar refractivity (Wildman–Crippen MR) is 99.0 cm³/mol. The lowest BCUT2D eigenvalue weighted by Crippen LogP contribution is -2.26. The van der Waals surface area contributed by atoms with E-state index < -0.39 is 9.84 Å². The van der Waals surface area contributed by atoms with Gasteiger partial charge in [-0.3, -0.25) is 4.90 Å². The molecule has 1 aromatic heterocycles. The zero-order valence-corrected chi connectivity index (χ0v) is 15.2. The zero-order chi connectivity index (χ0) is 17.2. The van der Waals surface area contributed by atoms with Crippen LogP contribution in [0, 0.1) is 0 Å². The molecule has 7 heteroatoms. The third kappa shape index (κ3) is 4.23. The van der Waals surface area contributed by atoms with E-state index in [0.29, 0.717) is 10.0 Å². The van der Waals surface area contributed by atoms with E-state index in [1.807, 2.05) is 18.2 Å². The van der Waals surface area contributed by atoms with Crippen LogP contribution in [0.4, 0.5) is 5.13 Å². The number of aromatic nitrogens is 1. The maximum Gasteiger partial charge on any atom is 0.180 e. The molecule has 0 aliphatic carbocycles. The monoisotopic (exact) mass is 363 g/mol. The largest absolute Gasteiger partial charge is 0.375 e. The fourth-order valence-electron chi connectivity index (χ4n) is 2.78. The summed E-state index contributed by atoms with van der Waals surface area (Å²) in [6, 6.07) is 6.96. The number of thiazole rings is 1. The molecule has 2 heterocycles. The molecule has 0 fully saturated rings. The van der Waals surface area contributed by atoms with Crippen molar-refractivity contribution in [3.05, 3.63) is 46.5 Å². The first-order valence-corrected chi connectivity index (χ1v) is 10.6. The fraction of sp³-hybridized carbons (Fsp3) is 0.353. The molecule has 2 N–H and O–H groups in total. The van der Waals surface area contributed by atoms with Crippen LogP contribution in [-0.2, 0) is 22.7 Å². The van der Waals surface area contributed by atoms with Crippen molar-refractivity contribution in [1.29, 1.82) is 0 Å². The molecule has 1 aliphatic heterocycles. The Hall–Kier alpha value is -1.70. The Morgan fingerprint density at radius 2 is 1.96 bits per heavy atom. The van der Waals surface area contributed by atoms with Gasteiger partial charge in [-0.15, -0.1) is 11.3 Å². The van der Waals surface area contributed by atoms with Gasteiger partial charge in [0.25, 0.3) is 0 Å². The van der Waals surface area contributed by atoms with E-state index in [4.69, 9.17) is 5.73 Å². The minimum absolute atomic E-state index is 0.352. The minimum Gasteiger partial charge on any atom is -0.375 e. The first kappa shape index (κ1) is 17.1. The van der Waals surface area contributed by atoms with Crippen LogP contribution in [0.5, 0.6) is 0 Å². The molecule has 2 aromatic rings. The molecule has 0 radical (unpaired) electrons. The van der Waals surface area contributed by atoms with Crippen LogP contribution in [0.25, 0.3) is 6.08 Å². The maximum atomic E-state index is 11.5. The van der Waals surface area contributed by atoms with Gasteiger partial charge in [0, 0.05) is 37.2 Å². The van der Waals surface area contributed by atoms with Crippen molar-refractivity contribution < 1.29 is 8.42 Å². The molecule has 0 bridgehead atoms. The van der Waals surface area contributed by atoms with Crippen molar-refractivity contribution in [2.45, 2.75) is 17.7 Å². The van der Waals surface area contributed by atoms with Gasteiger partial charge in [0.2, 0.25) is 0 Å². The molecule has 0 spiro atoms. The first-order chi connectivity index (χ1) is 11.4. The zero-order valence-electron chi connectivity index (χ0n) is 13.6. The van der Waals surface area contributed by atoms with E-state index in [1.165, 1.54) is 11.1 Å². The third-order valence-corrected chi connectivity index (χ3v) is 6.21. The molecule has 24 heavy (non-hydrogen) atoms. The van der Waals surface area contributed by atoms with Crippen LogP contribution in [0.15, 0.2) is 35.2 Å². The summed E-state index contributed by atoms with van der Waals surface area (Å²) in [5.74, 6) is 0. The van der Waals surface area contributed by atoms with Gasteiger partial charge in [-0.25, -0.2) is 13.4 Å². The summed E-state index contributed by atoms with van der Waals surface area (Å²) < 4.78 is 22.9. The van der Waals surface area contributed by atoms with Gasteiger partial charge in [0.15, 0.2) is 15.0 Å². The van der Waals surface area contributed by atoms with Crippen molar-refractivity contribution in [2.24, 2.45) is 0 Å². The summed E-state index contributed by atoms with van der Waals surface area (Å²) in [7, 11) is -3.13. The number of hydrogen-bond donors (Lipinski definition) is 1. The summed E-state index contributed by atoms with van der Waals surface area (Å²) in [6.45, 7) is 2.86. The number of fused-ring (bicyclic) bond motifs is 1. The lowest BCUT2D eigenvalue weighted by Gasteiger charge is -2.17. The summed E-state index contributed by atoms with van der Waals surface area (Å²) in [4.78, 5) is 8.47. The topological polar surface area (TPSA) is 76.3 Å². The molecule has 0 atom stereocenters. The molecule has 3 rings (SSSR count). The van der Waals surface area contributed by atoms with Crippen LogP contribution >= 0.6 is 11.3 Å². The maximum absolute atomic E-state index is 11.5. The Kier molecular flexibility index (Phi) is 5.03. The van der Waals surface area contributed by atoms with E-state index in [2.05, 4.69) is 16.0 Å². The van der Waals surface area contributed by atoms with E-state index in [-0.39, 0.29) is 0 Å². The Bertz CT molecular complexity index is 814. The Morgan fingerprint density at radius 1 is 1.25 bits per heavy atom. The smallest absolute Gasteiger partial charge is 0.180 e. The normalized spacial score (nSPS) is 16.2. The van der Waals surface area contributed by atoms with E-state index in [0.717, 1.165) is 43.7 Å². The molecular formula is C17H21N3O2S2. The molecule has 1 aliphatic rings. The second-order valence-electron chi connectivity index (χ2n) is 5.97. The van der Waals surface area contributed by atoms with Crippen LogP contribution in [0.3, 0.4) is 0 Å². The number of rotatable bonds is 4. The van der Waals surface area contributed by atoms with E-state index >= 15 is 0 Å². The summed E-state index contributed by atoms with van der Waals surface area (Å²) in [5.41, 5.74) is 7.93. The second kappa shape index (κ2) is 7.04. The standard InChI is InChI=1S/C17H21N3O2S2/c1-24(21,22)14-6-4-13(5-7-14)3-2-10-20-11-8-15-16(9-12-20)23-17(18)19-15/h2-7H,8-12H2,1H3,(H2,18,19)/b3-2+. The van der Waals surface area contributed by atoms with E-state index in [9.17, 15) is 8.42 Å². The molecule has 1 aromatic carbocycles. The van der Waals surface area contributed by atoms with Gasteiger partial charge in [-0.1, -0.05) is 24.3 Å². The van der Waals surface area contributed by atoms with Crippen LogP contribution in [-0.4, -0.2) is 44.2 Å². The van der Waals surface area contributed by atoms with Crippen molar-refractivity contribution in [3.63, 3.8) is 0 Å². The summed E-state index contributed by atoms with van der Waals surface area (Å²) in [5, 5.41) is 0.672. The molecule has 0 saturated heterocycles. The molecule has 0 saturated carbocycles. The van der Waals surface area contributed by atoms with Gasteiger partial charge in [0.1, 0.15) is 0 Å². The Labute approximate surface area is 146 Å². The van der Waals surface area contributed by atoms with Crippen molar-refractivity contribution in [2.75, 3.05) is 31.6 Å². The SMILES string of the molecule is CS(=O)(=O)c1ccc(/C=C/CN2CCc3nc(N)sc3CC2)cc1. The van der Waals surface area contributed by atoms with Gasteiger partial charge in [0.05, 0.1) is 10.6 Å². The number of nitrogens with zero attached hydrogens (tertiary/aromatic N) is 2. The molecule has 0 unspecified atom stereocenters. The number of nitrogens with two attached hydrogens (primary N) is 1. The van der Waals surface area contributed by atoms with Crippen LogP contribution < -0.4 is 5.73 Å². The van der Waals surface area contributed by atoms with Crippen molar-refractivity contribution >= 4 is 32.4 Å². The van der Waals surface area contributed by atoms with Crippen LogP contribution in [0.1, 0.15) is 16.1 Å². The van der Waals surface area contributed by atoms with Crippen molar-refractivity contribution in [1.82, 2.24) is 9.88 Å². The predicted octanol–water partition coefficient (Wildman–Crippen LogP) is 2.24. The van der Waals surface area contributed by atoms with E-state index in [1.54, 1.807) is 23.5 Å². The van der Waals surface area contributed by atoms with Crippen LogP contribution in [0.2, 0.25) is 0 Å². The van der Waals surface area contributed by atoms with Gasteiger partial charge >= 0.3 is 0 Å². The van der Waals surface area contributed by atoms with Crippen molar-refractivity contribution in [3.8, 4) is 0 Å². The lowest BCUT2D eigenvalue weighted by atomic mass is 10.2. The fourth-order valence-corrected chi connectivity index (χ4v) is 4.27. The Balaban J connectivity index is 1.56. The van der Waals surface area contributed by atoms with Gasteiger partial charge in [-0.2, -0.15) is 0 Å². The average Bonchev–Trinajstić information content (AvgIpc) is 2.79. The van der Waals surface area contributed by atoms with Gasteiger partial charge in [-0.05, 0) is 24.1 Å². The Morgan fingerprint density at radius 3 is 2.67 bits per heavy atom. The highest BCUT2D eigenvalue weighted by Crippen LogP contribution is 2.24. The lowest BCUT2D eigenvalue weighted by molar-refractivity contribution is 0.318. The number of benzene rings is 1. The summed E-state index contributed by atoms with van der Waals surface area (Å²) in [6.07, 6.45) is 7.32. The molecule has 0 amide bonds. The molecule has 5 nitrogen and oxygen atoms in total.